The topological polar surface area (TPSA) is 54.4 Å². The van der Waals surface area contributed by atoms with Gasteiger partial charge in [-0.3, -0.25) is 4.55 Å². The first-order valence-corrected chi connectivity index (χ1v) is 4.36. The largest absolute Gasteiger partial charge is 1.00 e. The number of rotatable bonds is 3. The van der Waals surface area contributed by atoms with E-state index in [0.717, 1.165) is 0 Å². The maximum Gasteiger partial charge on any atom is 1.00 e. The fourth-order valence-corrected chi connectivity index (χ4v) is 1.13. The van der Waals surface area contributed by atoms with E-state index in [1.54, 1.807) is 0 Å². The van der Waals surface area contributed by atoms with Crippen LogP contribution < -0.4 is 29.6 Å². The Hall–Kier alpha value is 1.26. The van der Waals surface area contributed by atoms with Crippen molar-refractivity contribution in [2.24, 2.45) is 0 Å². The molecule has 0 aliphatic heterocycles. The Bertz CT molecular complexity index is 146. The van der Waals surface area contributed by atoms with Crippen LogP contribution in [0.15, 0.2) is 0 Å². The summed E-state index contributed by atoms with van der Waals surface area (Å²) in [7, 11) is -3.74. The van der Waals surface area contributed by atoms with E-state index < -0.39 is 10.1 Å². The quantitative estimate of drug-likeness (QED) is 0.282. The molecular weight excluding hydrogens is 171 g/mol. The van der Waals surface area contributed by atoms with E-state index in [1.807, 2.05) is 0 Å². The summed E-state index contributed by atoms with van der Waals surface area (Å²) in [5, 5.41) is 0. The van der Waals surface area contributed by atoms with Crippen LogP contribution in [0.5, 0.6) is 0 Å². The molecule has 0 spiro atoms. The summed E-state index contributed by atoms with van der Waals surface area (Å²) in [6.45, 7) is 0. The first kappa shape index (κ1) is 12.9. The molecule has 0 unspecified atom stereocenters. The van der Waals surface area contributed by atoms with Gasteiger partial charge in [0.15, 0.2) is 0 Å². The van der Waals surface area contributed by atoms with E-state index in [2.05, 4.69) is 12.6 Å². The second-order valence-corrected chi connectivity index (χ2v) is 3.38. The number of hydrogen-bond acceptors (Lipinski definition) is 3. The van der Waals surface area contributed by atoms with E-state index in [0.29, 0.717) is 12.2 Å². The van der Waals surface area contributed by atoms with Crippen molar-refractivity contribution in [3.05, 3.63) is 0 Å². The van der Waals surface area contributed by atoms with Crippen LogP contribution in [0.1, 0.15) is 7.85 Å². The summed E-state index contributed by atoms with van der Waals surface area (Å²) in [6.07, 6.45) is 0.405. The number of hydrogen-bond donors (Lipinski definition) is 2. The van der Waals surface area contributed by atoms with Crippen molar-refractivity contribution in [3.8, 4) is 0 Å². The van der Waals surface area contributed by atoms with Gasteiger partial charge in [0.1, 0.15) is 0 Å². The summed E-state index contributed by atoms with van der Waals surface area (Å²) < 4.78 is 27.9. The molecule has 6 heteroatoms. The van der Waals surface area contributed by atoms with Gasteiger partial charge in [0, 0.05) is 0 Å². The molecule has 0 saturated carbocycles. The predicted octanol–water partition coefficient (Wildman–Crippen LogP) is -2.69. The molecule has 0 bridgehead atoms. The second kappa shape index (κ2) is 6.00. The van der Waals surface area contributed by atoms with Crippen molar-refractivity contribution in [3.63, 3.8) is 0 Å². The van der Waals surface area contributed by atoms with Crippen LogP contribution in [0.25, 0.3) is 0 Å². The molecule has 0 amide bonds. The Morgan fingerprint density at radius 1 is 1.56 bits per heavy atom. The van der Waals surface area contributed by atoms with Crippen LogP contribution in [0.4, 0.5) is 0 Å². The van der Waals surface area contributed by atoms with Crippen molar-refractivity contribution in [1.29, 1.82) is 0 Å². The summed E-state index contributed by atoms with van der Waals surface area (Å²) in [5.74, 6) is 0.302. The monoisotopic (exact) mass is 180 g/mol. The minimum absolute atomic E-state index is 0. The standard InChI is InChI=1S/C3H8O3S2.Na.H/c4-8(5,6)3-1-2-7;;/h7H,1-3H2,(H,4,5,6);;/q;+1;-1. The summed E-state index contributed by atoms with van der Waals surface area (Å²) >= 11 is 3.76. The molecule has 0 saturated heterocycles. The van der Waals surface area contributed by atoms with Crippen molar-refractivity contribution < 1.29 is 44.0 Å². The van der Waals surface area contributed by atoms with E-state index in [-0.39, 0.29) is 36.7 Å². The molecule has 0 atom stereocenters. The fraction of sp³-hybridized carbons (Fsp3) is 1.00. The molecule has 9 heavy (non-hydrogen) atoms. The fourth-order valence-electron chi connectivity index (χ4n) is 0.247. The SMILES string of the molecule is O=S(=O)(O)CCCS.[H-].[Na+]. The Morgan fingerprint density at radius 3 is 2.11 bits per heavy atom. The molecular formula is C3H9NaO3S2. The molecule has 0 aliphatic rings. The van der Waals surface area contributed by atoms with E-state index in [1.165, 1.54) is 0 Å². The normalized spacial score (nSPS) is 10.4. The van der Waals surface area contributed by atoms with Gasteiger partial charge in [-0.15, -0.1) is 0 Å². The molecule has 3 nitrogen and oxygen atoms in total. The van der Waals surface area contributed by atoms with Gasteiger partial charge in [-0.05, 0) is 12.2 Å². The minimum atomic E-state index is -3.74. The van der Waals surface area contributed by atoms with E-state index in [4.69, 9.17) is 4.55 Å². The van der Waals surface area contributed by atoms with Gasteiger partial charge in [-0.1, -0.05) is 0 Å². The van der Waals surface area contributed by atoms with Gasteiger partial charge < -0.3 is 1.43 Å². The third-order valence-electron chi connectivity index (χ3n) is 0.560. The average Bonchev–Trinajstić information content (AvgIpc) is 1.59. The molecule has 52 valence electrons. The number of thiol groups is 1. The maximum absolute atomic E-state index is 9.91. The third-order valence-corrected chi connectivity index (χ3v) is 1.68. The molecule has 0 aliphatic carbocycles. The molecule has 0 rings (SSSR count). The van der Waals surface area contributed by atoms with Crippen molar-refractivity contribution >= 4 is 22.7 Å². The second-order valence-electron chi connectivity index (χ2n) is 1.36. The molecule has 0 aromatic carbocycles. The zero-order valence-corrected chi connectivity index (χ0v) is 8.95. The van der Waals surface area contributed by atoms with E-state index in [9.17, 15) is 8.42 Å². The minimum Gasteiger partial charge on any atom is -1.00 e. The van der Waals surface area contributed by atoms with Gasteiger partial charge in [-0.2, -0.15) is 21.0 Å². The van der Waals surface area contributed by atoms with Gasteiger partial charge in [0.25, 0.3) is 10.1 Å². The van der Waals surface area contributed by atoms with Crippen LogP contribution in [-0.4, -0.2) is 24.5 Å². The average molecular weight is 180 g/mol. The maximum atomic E-state index is 9.91. The Labute approximate surface area is 84.2 Å². The Balaban J connectivity index is -0.000000245. The van der Waals surface area contributed by atoms with E-state index >= 15 is 0 Å². The van der Waals surface area contributed by atoms with Crippen molar-refractivity contribution in [2.75, 3.05) is 11.5 Å². The molecule has 0 aromatic heterocycles. The first-order chi connectivity index (χ1) is 3.56. The van der Waals surface area contributed by atoms with Gasteiger partial charge >= 0.3 is 29.6 Å². The zero-order valence-electron chi connectivity index (χ0n) is 6.24. The van der Waals surface area contributed by atoms with Crippen LogP contribution in [0.2, 0.25) is 0 Å². The van der Waals surface area contributed by atoms with Gasteiger partial charge in [-0.25, -0.2) is 0 Å². The summed E-state index contributed by atoms with van der Waals surface area (Å²) in [6, 6.07) is 0. The van der Waals surface area contributed by atoms with Crippen molar-refractivity contribution in [1.82, 2.24) is 0 Å². The Morgan fingerprint density at radius 2 is 2.00 bits per heavy atom. The van der Waals surface area contributed by atoms with Crippen LogP contribution >= 0.6 is 12.6 Å². The van der Waals surface area contributed by atoms with Crippen LogP contribution in [0, 0.1) is 0 Å². The molecule has 0 fully saturated rings. The smallest absolute Gasteiger partial charge is 1.00 e. The first-order valence-electron chi connectivity index (χ1n) is 2.12. The zero-order chi connectivity index (χ0) is 6.62. The van der Waals surface area contributed by atoms with Crippen LogP contribution in [-0.2, 0) is 10.1 Å². The third kappa shape index (κ3) is 12.5. The Kier molecular flexibility index (Phi) is 8.60. The van der Waals surface area contributed by atoms with Gasteiger partial charge in [0.2, 0.25) is 0 Å². The summed E-state index contributed by atoms with van der Waals surface area (Å²) in [5.41, 5.74) is 0. The molecule has 0 radical (unpaired) electrons. The molecule has 1 N–H and O–H groups in total. The predicted molar refractivity (Wildman–Crippen MR) is 36.0 cm³/mol. The molecule has 0 aromatic rings. The van der Waals surface area contributed by atoms with Gasteiger partial charge in [0.05, 0.1) is 5.75 Å². The van der Waals surface area contributed by atoms with Crippen molar-refractivity contribution in [2.45, 2.75) is 6.42 Å². The summed E-state index contributed by atoms with van der Waals surface area (Å²) in [4.78, 5) is 0. The molecule has 0 heterocycles. The van der Waals surface area contributed by atoms with Crippen LogP contribution in [0.3, 0.4) is 0 Å².